The van der Waals surface area contributed by atoms with E-state index in [1.807, 2.05) is 24.3 Å². The van der Waals surface area contributed by atoms with Gasteiger partial charge in [0, 0.05) is 11.8 Å². The summed E-state index contributed by atoms with van der Waals surface area (Å²) in [6.07, 6.45) is 6.35. The summed E-state index contributed by atoms with van der Waals surface area (Å²) in [5, 5.41) is 0.724. The second kappa shape index (κ2) is 8.83. The summed E-state index contributed by atoms with van der Waals surface area (Å²) in [5.41, 5.74) is 6.47. The maximum Gasteiger partial charge on any atom is 0.260 e. The van der Waals surface area contributed by atoms with Gasteiger partial charge >= 0.3 is 0 Å². The highest BCUT2D eigenvalue weighted by Crippen LogP contribution is 2.35. The van der Waals surface area contributed by atoms with Crippen LogP contribution < -0.4 is 4.90 Å². The van der Waals surface area contributed by atoms with Gasteiger partial charge in [-0.15, -0.1) is 0 Å². The average Bonchev–Trinajstić information content (AvgIpc) is 3.26. The van der Waals surface area contributed by atoms with Crippen LogP contribution in [0.4, 0.5) is 5.13 Å². The summed E-state index contributed by atoms with van der Waals surface area (Å²) < 4.78 is 1.11. The molecule has 2 heterocycles. The zero-order valence-corrected chi connectivity index (χ0v) is 19.4. The van der Waals surface area contributed by atoms with Crippen LogP contribution in [0.5, 0.6) is 0 Å². The summed E-state index contributed by atoms with van der Waals surface area (Å²) in [7, 11) is 0. The number of fused-ring (bicyclic) bond motifs is 2. The van der Waals surface area contributed by atoms with E-state index < -0.39 is 0 Å². The number of nitrogens with zero attached hydrogens (tertiary/aromatic N) is 3. The number of hydrogen-bond donors (Lipinski definition) is 0. The summed E-state index contributed by atoms with van der Waals surface area (Å²) in [4.78, 5) is 25.0. The maximum atomic E-state index is 13.8. The largest absolute Gasteiger partial charge is 0.278 e. The van der Waals surface area contributed by atoms with E-state index in [0.29, 0.717) is 12.5 Å². The Morgan fingerprint density at radius 1 is 1.03 bits per heavy atom. The van der Waals surface area contributed by atoms with Gasteiger partial charge in [-0.3, -0.25) is 14.7 Å². The lowest BCUT2D eigenvalue weighted by atomic mass is 9.90. The molecule has 0 aliphatic heterocycles. The van der Waals surface area contributed by atoms with Crippen molar-refractivity contribution in [3.8, 4) is 0 Å². The number of aryl methyl sites for hydroxylation is 2. The van der Waals surface area contributed by atoms with Crippen LogP contribution in [0, 0.1) is 0 Å². The van der Waals surface area contributed by atoms with E-state index in [-0.39, 0.29) is 5.91 Å². The number of para-hydroxylation sites is 1. The topological polar surface area (TPSA) is 46.1 Å². The average molecular weight is 442 g/mol. The number of benzene rings is 2. The number of carbonyl (C=O) groups excluding carboxylic acids is 1. The van der Waals surface area contributed by atoms with Gasteiger partial charge in [0.15, 0.2) is 5.13 Å². The third-order valence-corrected chi connectivity index (χ3v) is 7.22. The third-order valence-electron chi connectivity index (χ3n) is 6.18. The van der Waals surface area contributed by atoms with E-state index in [1.165, 1.54) is 29.5 Å². The molecule has 0 saturated heterocycles. The van der Waals surface area contributed by atoms with Crippen molar-refractivity contribution >= 4 is 32.6 Å². The Kier molecular flexibility index (Phi) is 5.75. The molecule has 162 valence electrons. The van der Waals surface area contributed by atoms with Crippen LogP contribution in [-0.4, -0.2) is 15.9 Å². The van der Waals surface area contributed by atoms with E-state index in [9.17, 15) is 4.79 Å². The van der Waals surface area contributed by atoms with Crippen molar-refractivity contribution in [3.05, 3.63) is 88.7 Å². The molecule has 1 aliphatic rings. The first kappa shape index (κ1) is 20.8. The molecule has 4 aromatic rings. The van der Waals surface area contributed by atoms with Crippen molar-refractivity contribution < 1.29 is 4.79 Å². The van der Waals surface area contributed by atoms with Crippen molar-refractivity contribution in [1.29, 1.82) is 0 Å². The molecule has 0 radical (unpaired) electrons. The van der Waals surface area contributed by atoms with E-state index in [0.717, 1.165) is 39.4 Å². The predicted molar refractivity (Wildman–Crippen MR) is 132 cm³/mol. The third kappa shape index (κ3) is 4.05. The van der Waals surface area contributed by atoms with Gasteiger partial charge in [-0.25, -0.2) is 4.98 Å². The van der Waals surface area contributed by atoms with Crippen LogP contribution >= 0.6 is 11.3 Å². The van der Waals surface area contributed by atoms with Gasteiger partial charge in [-0.05, 0) is 78.6 Å². The standard InChI is InChI=1S/C27H27N3OS/c1-18(2)23-11-7-12-24-25(23)29-27(32-24)30(17-22-10-5-6-15-28-22)26(31)21-14-13-19-8-3-4-9-20(19)16-21/h5-7,10-16,18H,3-4,8-9,17H2,1-2H3. The molecule has 5 rings (SSSR count). The van der Waals surface area contributed by atoms with Crippen molar-refractivity contribution in [2.75, 3.05) is 4.90 Å². The fraction of sp³-hybridized carbons (Fsp3) is 0.296. The number of hydrogen-bond acceptors (Lipinski definition) is 4. The van der Waals surface area contributed by atoms with Gasteiger partial charge < -0.3 is 0 Å². The molecule has 0 saturated carbocycles. The molecule has 32 heavy (non-hydrogen) atoms. The van der Waals surface area contributed by atoms with Crippen LogP contribution in [0.3, 0.4) is 0 Å². The summed E-state index contributed by atoms with van der Waals surface area (Å²) in [6, 6.07) is 18.3. The van der Waals surface area contributed by atoms with Gasteiger partial charge in [0.1, 0.15) is 0 Å². The van der Waals surface area contributed by atoms with E-state index >= 15 is 0 Å². The van der Waals surface area contributed by atoms with Crippen LogP contribution in [0.25, 0.3) is 10.2 Å². The maximum absolute atomic E-state index is 13.8. The molecule has 0 fully saturated rings. The van der Waals surface area contributed by atoms with E-state index in [1.54, 1.807) is 22.4 Å². The Labute approximate surface area is 193 Å². The van der Waals surface area contributed by atoms with Crippen molar-refractivity contribution in [2.45, 2.75) is 52.0 Å². The second-order valence-corrected chi connectivity index (χ2v) is 9.76. The first-order chi connectivity index (χ1) is 15.6. The van der Waals surface area contributed by atoms with Crippen molar-refractivity contribution in [3.63, 3.8) is 0 Å². The molecule has 0 unspecified atom stereocenters. The molecule has 1 aliphatic carbocycles. The minimum absolute atomic E-state index is 0.0193. The van der Waals surface area contributed by atoms with Crippen LogP contribution in [0.15, 0.2) is 60.8 Å². The van der Waals surface area contributed by atoms with E-state index in [4.69, 9.17) is 4.98 Å². The fourth-order valence-electron chi connectivity index (χ4n) is 4.44. The molecule has 0 N–H and O–H groups in total. The summed E-state index contributed by atoms with van der Waals surface area (Å²) in [5.74, 6) is 0.350. The molecule has 4 nitrogen and oxygen atoms in total. The molecule has 1 amide bonds. The number of anilines is 1. The molecule has 5 heteroatoms. The Morgan fingerprint density at radius 2 is 1.88 bits per heavy atom. The number of carbonyl (C=O) groups is 1. The zero-order valence-electron chi connectivity index (χ0n) is 18.5. The molecule has 2 aromatic heterocycles. The second-order valence-electron chi connectivity index (χ2n) is 8.75. The van der Waals surface area contributed by atoms with Gasteiger partial charge in [0.25, 0.3) is 5.91 Å². The Balaban J connectivity index is 1.57. The van der Waals surface area contributed by atoms with Crippen LogP contribution in [0.2, 0.25) is 0 Å². The summed E-state index contributed by atoms with van der Waals surface area (Å²) >= 11 is 1.57. The lowest BCUT2D eigenvalue weighted by Crippen LogP contribution is -2.31. The number of pyridine rings is 1. The highest BCUT2D eigenvalue weighted by atomic mass is 32.1. The Bertz CT molecular complexity index is 1260. The quantitative estimate of drug-likeness (QED) is 0.353. The van der Waals surface area contributed by atoms with Gasteiger partial charge in [-0.2, -0.15) is 0 Å². The van der Waals surface area contributed by atoms with Crippen LogP contribution in [0.1, 0.15) is 65.3 Å². The van der Waals surface area contributed by atoms with Gasteiger partial charge in [0.2, 0.25) is 0 Å². The normalized spacial score (nSPS) is 13.3. The van der Waals surface area contributed by atoms with Crippen molar-refractivity contribution in [2.24, 2.45) is 0 Å². The van der Waals surface area contributed by atoms with E-state index in [2.05, 4.69) is 49.2 Å². The smallest absolute Gasteiger partial charge is 0.260 e. The Hall–Kier alpha value is -3.05. The highest BCUT2D eigenvalue weighted by molar-refractivity contribution is 7.22. The minimum Gasteiger partial charge on any atom is -0.278 e. The molecular weight excluding hydrogens is 414 g/mol. The summed E-state index contributed by atoms with van der Waals surface area (Å²) in [6.45, 7) is 4.75. The lowest BCUT2D eigenvalue weighted by molar-refractivity contribution is 0.0984. The monoisotopic (exact) mass is 441 g/mol. The first-order valence-corrected chi connectivity index (χ1v) is 12.1. The molecule has 0 atom stereocenters. The zero-order chi connectivity index (χ0) is 22.1. The van der Waals surface area contributed by atoms with Crippen LogP contribution in [-0.2, 0) is 19.4 Å². The number of amides is 1. The number of thiazole rings is 1. The van der Waals surface area contributed by atoms with Gasteiger partial charge in [-0.1, -0.05) is 49.4 Å². The number of aromatic nitrogens is 2. The first-order valence-electron chi connectivity index (χ1n) is 11.3. The van der Waals surface area contributed by atoms with Crippen molar-refractivity contribution in [1.82, 2.24) is 9.97 Å². The SMILES string of the molecule is CC(C)c1cccc2sc(N(Cc3ccccn3)C(=O)c3ccc4c(c3)CCCC4)nc12. The molecule has 0 spiro atoms. The molecule has 0 bridgehead atoms. The predicted octanol–water partition coefficient (Wildman–Crippen LogP) is 6.54. The number of rotatable bonds is 5. The molecule has 2 aromatic carbocycles. The highest BCUT2D eigenvalue weighted by Gasteiger charge is 2.24. The lowest BCUT2D eigenvalue weighted by Gasteiger charge is -2.21. The Morgan fingerprint density at radius 3 is 2.66 bits per heavy atom. The fourth-order valence-corrected chi connectivity index (χ4v) is 5.44. The molecular formula is C27H27N3OS. The minimum atomic E-state index is -0.0193. The van der Waals surface area contributed by atoms with Gasteiger partial charge in [0.05, 0.1) is 22.5 Å².